The second kappa shape index (κ2) is 7.17. The highest BCUT2D eigenvalue weighted by molar-refractivity contribution is 6.32. The number of rotatable bonds is 4. The molecule has 0 bridgehead atoms. The van der Waals surface area contributed by atoms with E-state index in [1.807, 2.05) is 39.0 Å². The van der Waals surface area contributed by atoms with Crippen LogP contribution < -0.4 is 10.1 Å². The average Bonchev–Trinajstić information content (AvgIpc) is 2.99. The summed E-state index contributed by atoms with van der Waals surface area (Å²) in [6.07, 6.45) is 0. The van der Waals surface area contributed by atoms with Crippen LogP contribution in [0.25, 0.3) is 5.69 Å². The number of aryl methyl sites for hydroxylation is 2. The maximum Gasteiger partial charge on any atom is 0.278 e. The lowest BCUT2D eigenvalue weighted by Gasteiger charge is -2.08. The lowest BCUT2D eigenvalue weighted by Crippen LogP contribution is -2.14. The number of carbonyl (C=O) groups is 1. The van der Waals surface area contributed by atoms with Crippen LogP contribution in [0.2, 0.25) is 5.02 Å². The van der Waals surface area contributed by atoms with Gasteiger partial charge in [0.2, 0.25) is 0 Å². The number of hydrogen-bond donors (Lipinski definition) is 1. The molecule has 1 heterocycles. The van der Waals surface area contributed by atoms with Gasteiger partial charge in [-0.2, -0.15) is 0 Å². The smallest absolute Gasteiger partial charge is 0.278 e. The molecule has 2 aromatic carbocycles. The van der Waals surface area contributed by atoms with Crippen molar-refractivity contribution in [3.8, 4) is 11.4 Å². The molecular formula is C19H19ClN4O2. The molecule has 1 aromatic heterocycles. The van der Waals surface area contributed by atoms with Gasteiger partial charge in [-0.25, -0.2) is 4.68 Å². The Balaban J connectivity index is 1.86. The first kappa shape index (κ1) is 17.9. The Morgan fingerprint density at radius 2 is 1.88 bits per heavy atom. The Morgan fingerprint density at radius 3 is 2.54 bits per heavy atom. The zero-order chi connectivity index (χ0) is 18.8. The molecule has 0 unspecified atom stereocenters. The van der Waals surface area contributed by atoms with Crippen LogP contribution >= 0.6 is 11.6 Å². The van der Waals surface area contributed by atoms with E-state index in [0.717, 1.165) is 11.3 Å². The van der Waals surface area contributed by atoms with Crippen molar-refractivity contribution in [1.82, 2.24) is 15.0 Å². The van der Waals surface area contributed by atoms with Gasteiger partial charge < -0.3 is 10.1 Å². The first-order chi connectivity index (χ1) is 12.4. The maximum atomic E-state index is 12.6. The zero-order valence-corrected chi connectivity index (χ0v) is 15.8. The van der Waals surface area contributed by atoms with Crippen LogP contribution in [0.1, 0.15) is 27.3 Å². The minimum absolute atomic E-state index is 0.259. The minimum atomic E-state index is -0.348. The number of halogens is 1. The summed E-state index contributed by atoms with van der Waals surface area (Å²) in [4.78, 5) is 12.6. The molecule has 0 spiro atoms. The van der Waals surface area contributed by atoms with E-state index in [4.69, 9.17) is 16.3 Å². The van der Waals surface area contributed by atoms with Crippen molar-refractivity contribution in [3.05, 3.63) is 63.9 Å². The molecule has 0 radical (unpaired) electrons. The fourth-order valence-electron chi connectivity index (χ4n) is 2.58. The van der Waals surface area contributed by atoms with Crippen molar-refractivity contribution in [2.75, 3.05) is 12.4 Å². The number of hydrogen-bond acceptors (Lipinski definition) is 4. The number of amides is 1. The summed E-state index contributed by atoms with van der Waals surface area (Å²) in [5.74, 6) is 0.195. The fourth-order valence-corrected chi connectivity index (χ4v) is 2.83. The molecule has 0 saturated carbocycles. The van der Waals surface area contributed by atoms with Gasteiger partial charge in [-0.05, 0) is 62.2 Å². The van der Waals surface area contributed by atoms with Gasteiger partial charge in [-0.15, -0.1) is 5.10 Å². The summed E-state index contributed by atoms with van der Waals surface area (Å²) in [6.45, 7) is 5.89. The largest absolute Gasteiger partial charge is 0.495 e. The number of nitrogens with one attached hydrogen (secondary N) is 1. The quantitative estimate of drug-likeness (QED) is 0.750. The predicted octanol–water partition coefficient (Wildman–Crippen LogP) is 4.11. The minimum Gasteiger partial charge on any atom is -0.495 e. The molecule has 1 N–H and O–H groups in total. The highest BCUT2D eigenvalue weighted by Gasteiger charge is 2.18. The first-order valence-corrected chi connectivity index (χ1v) is 8.43. The third-order valence-electron chi connectivity index (χ3n) is 4.25. The normalized spacial score (nSPS) is 10.7. The number of aromatic nitrogens is 3. The molecule has 7 heteroatoms. The van der Waals surface area contributed by atoms with E-state index < -0.39 is 0 Å². The topological polar surface area (TPSA) is 69.0 Å². The van der Waals surface area contributed by atoms with E-state index in [2.05, 4.69) is 15.6 Å². The lowest BCUT2D eigenvalue weighted by atomic mass is 10.1. The molecule has 0 aliphatic rings. The summed E-state index contributed by atoms with van der Waals surface area (Å²) in [5.41, 5.74) is 4.68. The SMILES string of the molecule is COc1ccc(NC(=O)c2nnn(-c3ccc(C)c(C)c3)c2C)cc1Cl. The number of ether oxygens (including phenoxy) is 1. The Labute approximate surface area is 156 Å². The maximum absolute atomic E-state index is 12.6. The molecule has 3 rings (SSSR count). The third kappa shape index (κ3) is 3.41. The van der Waals surface area contributed by atoms with Crippen LogP contribution in [0.15, 0.2) is 36.4 Å². The molecule has 3 aromatic rings. The van der Waals surface area contributed by atoms with Crippen LogP contribution in [0.4, 0.5) is 5.69 Å². The molecule has 0 fully saturated rings. The zero-order valence-electron chi connectivity index (χ0n) is 15.0. The van der Waals surface area contributed by atoms with Gasteiger partial charge in [0, 0.05) is 5.69 Å². The van der Waals surface area contributed by atoms with Crippen LogP contribution in [-0.2, 0) is 0 Å². The van der Waals surface area contributed by atoms with E-state index in [1.54, 1.807) is 22.9 Å². The molecule has 6 nitrogen and oxygen atoms in total. The van der Waals surface area contributed by atoms with E-state index in [1.165, 1.54) is 12.7 Å². The van der Waals surface area contributed by atoms with E-state index in [9.17, 15) is 4.79 Å². The van der Waals surface area contributed by atoms with Gasteiger partial charge in [-0.3, -0.25) is 4.79 Å². The number of carbonyl (C=O) groups excluding carboxylic acids is 1. The summed E-state index contributed by atoms with van der Waals surface area (Å²) in [5, 5.41) is 11.4. The molecule has 134 valence electrons. The fraction of sp³-hybridized carbons (Fsp3) is 0.211. The summed E-state index contributed by atoms with van der Waals surface area (Å²) in [6, 6.07) is 11.0. The number of methoxy groups -OCH3 is 1. The molecule has 26 heavy (non-hydrogen) atoms. The number of benzene rings is 2. The van der Waals surface area contributed by atoms with Crippen LogP contribution in [0.5, 0.6) is 5.75 Å². The van der Waals surface area contributed by atoms with Crippen molar-refractivity contribution in [1.29, 1.82) is 0 Å². The Hall–Kier alpha value is -2.86. The Bertz CT molecular complexity index is 982. The van der Waals surface area contributed by atoms with Crippen molar-refractivity contribution < 1.29 is 9.53 Å². The second-order valence-corrected chi connectivity index (χ2v) is 6.41. The Morgan fingerprint density at radius 1 is 1.12 bits per heavy atom. The summed E-state index contributed by atoms with van der Waals surface area (Å²) < 4.78 is 6.76. The molecular weight excluding hydrogens is 352 g/mol. The van der Waals surface area contributed by atoms with Gasteiger partial charge in [0.1, 0.15) is 5.75 Å². The monoisotopic (exact) mass is 370 g/mol. The molecule has 0 aliphatic heterocycles. The van der Waals surface area contributed by atoms with Crippen molar-refractivity contribution in [3.63, 3.8) is 0 Å². The standard InChI is InChI=1S/C19H19ClN4O2/c1-11-5-7-15(9-12(11)2)24-13(3)18(22-23-24)19(25)21-14-6-8-17(26-4)16(20)10-14/h5-10H,1-4H3,(H,21,25). The van der Waals surface area contributed by atoms with E-state index in [-0.39, 0.29) is 11.6 Å². The second-order valence-electron chi connectivity index (χ2n) is 6.01. The van der Waals surface area contributed by atoms with Crippen LogP contribution in [0.3, 0.4) is 0 Å². The van der Waals surface area contributed by atoms with Gasteiger partial charge in [0.25, 0.3) is 5.91 Å². The highest BCUT2D eigenvalue weighted by atomic mass is 35.5. The summed E-state index contributed by atoms with van der Waals surface area (Å²) in [7, 11) is 1.54. The van der Waals surface area contributed by atoms with E-state index >= 15 is 0 Å². The number of anilines is 1. The summed E-state index contributed by atoms with van der Waals surface area (Å²) >= 11 is 6.09. The molecule has 1 amide bonds. The third-order valence-corrected chi connectivity index (χ3v) is 4.55. The van der Waals surface area contributed by atoms with Crippen LogP contribution in [-0.4, -0.2) is 28.0 Å². The van der Waals surface area contributed by atoms with Gasteiger partial charge in [0.05, 0.1) is 23.5 Å². The van der Waals surface area contributed by atoms with Crippen molar-refractivity contribution in [2.45, 2.75) is 20.8 Å². The lowest BCUT2D eigenvalue weighted by molar-refractivity contribution is 0.102. The molecule has 0 saturated heterocycles. The highest BCUT2D eigenvalue weighted by Crippen LogP contribution is 2.27. The average molecular weight is 371 g/mol. The van der Waals surface area contributed by atoms with Crippen LogP contribution in [0, 0.1) is 20.8 Å². The Kier molecular flexibility index (Phi) is 4.95. The van der Waals surface area contributed by atoms with Gasteiger partial charge in [-0.1, -0.05) is 22.9 Å². The van der Waals surface area contributed by atoms with Gasteiger partial charge in [0.15, 0.2) is 5.69 Å². The number of nitrogens with zero attached hydrogens (tertiary/aromatic N) is 3. The molecule has 0 atom stereocenters. The predicted molar refractivity (Wildman–Crippen MR) is 102 cm³/mol. The molecule has 0 aliphatic carbocycles. The van der Waals surface area contributed by atoms with Crippen molar-refractivity contribution in [2.24, 2.45) is 0 Å². The first-order valence-electron chi connectivity index (χ1n) is 8.05. The van der Waals surface area contributed by atoms with E-state index in [0.29, 0.717) is 22.2 Å². The van der Waals surface area contributed by atoms with Crippen molar-refractivity contribution >= 4 is 23.2 Å². The van der Waals surface area contributed by atoms with Gasteiger partial charge >= 0.3 is 0 Å².